The minimum Gasteiger partial charge on any atom is -0.478 e. The summed E-state index contributed by atoms with van der Waals surface area (Å²) in [5, 5.41) is 17.1. The van der Waals surface area contributed by atoms with Gasteiger partial charge in [0.05, 0.1) is 16.9 Å². The highest BCUT2D eigenvalue weighted by Crippen LogP contribution is 2.25. The smallest absolute Gasteiger partial charge is 0.337 e. The molecule has 3 rings (SSSR count). The third-order valence-electron chi connectivity index (χ3n) is 5.74. The number of nitrogens with one attached hydrogen (secondary N) is 1. The number of anilines is 2. The third kappa shape index (κ3) is 4.99. The summed E-state index contributed by atoms with van der Waals surface area (Å²) in [7, 11) is 1.88. The molecule has 0 aliphatic rings. The summed E-state index contributed by atoms with van der Waals surface area (Å²) in [6, 6.07) is 12.2. The number of aromatic nitrogens is 2. The number of nitrogens with zero attached hydrogens (tertiary/aromatic N) is 3. The Morgan fingerprint density at radius 2 is 1.78 bits per heavy atom. The van der Waals surface area contributed by atoms with Gasteiger partial charge in [0.1, 0.15) is 0 Å². The average molecular weight is 435 g/mol. The number of hydrogen-bond donors (Lipinski definition) is 2. The van der Waals surface area contributed by atoms with Crippen molar-refractivity contribution in [1.82, 2.24) is 9.78 Å². The molecule has 0 aliphatic heterocycles. The van der Waals surface area contributed by atoms with Crippen LogP contribution in [0.4, 0.5) is 11.4 Å². The molecule has 168 valence electrons. The Morgan fingerprint density at radius 3 is 2.38 bits per heavy atom. The standard InChI is InChI=1S/C25H30N4O3/c1-6-29-18(4)21(17(3)27-29)13-14-28(5)23-12-11-20(15-22(23)25(31)32)26-24(30)19-9-7-16(2)8-10-19/h7-12,15H,6,13-14H2,1-5H3,(H,26,30)(H,31,32). The van der Waals surface area contributed by atoms with Crippen LogP contribution in [0.2, 0.25) is 0 Å². The van der Waals surface area contributed by atoms with Gasteiger partial charge in [-0.3, -0.25) is 9.48 Å². The summed E-state index contributed by atoms with van der Waals surface area (Å²) in [6.45, 7) is 9.55. The zero-order valence-electron chi connectivity index (χ0n) is 19.3. The number of hydrogen-bond acceptors (Lipinski definition) is 4. The molecule has 1 aromatic heterocycles. The van der Waals surface area contributed by atoms with Crippen molar-refractivity contribution in [2.45, 2.75) is 40.7 Å². The van der Waals surface area contributed by atoms with E-state index >= 15 is 0 Å². The molecule has 0 saturated heterocycles. The highest BCUT2D eigenvalue weighted by Gasteiger charge is 2.17. The van der Waals surface area contributed by atoms with Crippen molar-refractivity contribution < 1.29 is 14.7 Å². The van der Waals surface area contributed by atoms with Gasteiger partial charge in [0, 0.05) is 37.1 Å². The van der Waals surface area contributed by atoms with Gasteiger partial charge in [0.15, 0.2) is 0 Å². The van der Waals surface area contributed by atoms with Gasteiger partial charge in [0.25, 0.3) is 5.91 Å². The van der Waals surface area contributed by atoms with Crippen molar-refractivity contribution in [3.05, 3.63) is 76.1 Å². The summed E-state index contributed by atoms with van der Waals surface area (Å²) < 4.78 is 1.98. The van der Waals surface area contributed by atoms with E-state index in [0.717, 1.165) is 29.9 Å². The molecule has 0 aliphatic carbocycles. The van der Waals surface area contributed by atoms with E-state index in [1.807, 2.05) is 42.6 Å². The molecule has 7 nitrogen and oxygen atoms in total. The lowest BCUT2D eigenvalue weighted by atomic mass is 10.1. The Morgan fingerprint density at radius 1 is 1.09 bits per heavy atom. The van der Waals surface area contributed by atoms with Gasteiger partial charge in [0.2, 0.25) is 0 Å². The molecule has 0 radical (unpaired) electrons. The molecule has 0 atom stereocenters. The van der Waals surface area contributed by atoms with Crippen molar-refractivity contribution in [2.24, 2.45) is 0 Å². The summed E-state index contributed by atoms with van der Waals surface area (Å²) >= 11 is 0. The molecular formula is C25H30N4O3. The van der Waals surface area contributed by atoms with Crippen LogP contribution in [0.3, 0.4) is 0 Å². The largest absolute Gasteiger partial charge is 0.478 e. The maximum absolute atomic E-state index is 12.5. The Labute approximate surface area is 188 Å². The van der Waals surface area contributed by atoms with Crippen molar-refractivity contribution in [3.8, 4) is 0 Å². The minimum atomic E-state index is -1.04. The molecule has 1 amide bonds. The first-order valence-electron chi connectivity index (χ1n) is 10.7. The van der Waals surface area contributed by atoms with E-state index in [1.54, 1.807) is 24.3 Å². The van der Waals surface area contributed by atoms with Gasteiger partial charge in [-0.25, -0.2) is 4.79 Å². The number of aryl methyl sites for hydroxylation is 3. The van der Waals surface area contributed by atoms with E-state index in [1.165, 1.54) is 11.6 Å². The van der Waals surface area contributed by atoms with Gasteiger partial charge in [-0.05, 0) is 70.0 Å². The van der Waals surface area contributed by atoms with Crippen LogP contribution in [0, 0.1) is 20.8 Å². The first-order chi connectivity index (χ1) is 15.2. The van der Waals surface area contributed by atoms with Gasteiger partial charge in [-0.15, -0.1) is 0 Å². The topological polar surface area (TPSA) is 87.5 Å². The fourth-order valence-electron chi connectivity index (χ4n) is 3.83. The van der Waals surface area contributed by atoms with Gasteiger partial charge in [-0.1, -0.05) is 17.7 Å². The highest BCUT2D eigenvalue weighted by atomic mass is 16.4. The van der Waals surface area contributed by atoms with Gasteiger partial charge < -0.3 is 15.3 Å². The SMILES string of the molecule is CCn1nc(C)c(CCN(C)c2ccc(NC(=O)c3ccc(C)cc3)cc2C(=O)O)c1C. The maximum Gasteiger partial charge on any atom is 0.337 e. The Kier molecular flexibility index (Phi) is 6.98. The quantitative estimate of drug-likeness (QED) is 0.547. The lowest BCUT2D eigenvalue weighted by Gasteiger charge is -2.22. The molecule has 1 heterocycles. The lowest BCUT2D eigenvalue weighted by Crippen LogP contribution is -2.23. The van der Waals surface area contributed by atoms with Crippen LogP contribution in [0.1, 0.15) is 50.2 Å². The first-order valence-corrected chi connectivity index (χ1v) is 10.7. The van der Waals surface area contributed by atoms with Crippen LogP contribution in [0.25, 0.3) is 0 Å². The summed E-state index contributed by atoms with van der Waals surface area (Å²) in [4.78, 5) is 26.4. The second-order valence-electron chi connectivity index (χ2n) is 7.99. The molecule has 32 heavy (non-hydrogen) atoms. The fraction of sp³-hybridized carbons (Fsp3) is 0.320. The van der Waals surface area contributed by atoms with Crippen LogP contribution in [-0.4, -0.2) is 40.4 Å². The van der Waals surface area contributed by atoms with Crippen LogP contribution in [0.5, 0.6) is 0 Å². The number of likely N-dealkylation sites (N-methyl/N-ethyl adjacent to an activating group) is 1. The molecular weight excluding hydrogens is 404 g/mol. The van der Waals surface area contributed by atoms with Crippen molar-refractivity contribution in [1.29, 1.82) is 0 Å². The molecule has 2 aromatic carbocycles. The van der Waals surface area contributed by atoms with Gasteiger partial charge >= 0.3 is 5.97 Å². The zero-order valence-corrected chi connectivity index (χ0v) is 19.3. The van der Waals surface area contributed by atoms with E-state index in [-0.39, 0.29) is 11.5 Å². The molecule has 0 bridgehead atoms. The normalized spacial score (nSPS) is 10.8. The molecule has 2 N–H and O–H groups in total. The molecule has 7 heteroatoms. The van der Waals surface area contributed by atoms with Crippen molar-refractivity contribution in [3.63, 3.8) is 0 Å². The minimum absolute atomic E-state index is 0.145. The molecule has 0 unspecified atom stereocenters. The second kappa shape index (κ2) is 9.68. The Bertz CT molecular complexity index is 1130. The monoisotopic (exact) mass is 434 g/mol. The average Bonchev–Trinajstić information content (AvgIpc) is 3.04. The number of carbonyl (C=O) groups is 2. The third-order valence-corrected chi connectivity index (χ3v) is 5.74. The predicted molar refractivity (Wildman–Crippen MR) is 127 cm³/mol. The number of carboxylic acid groups (broad SMARTS) is 1. The number of amides is 1. The molecule has 0 saturated carbocycles. The first kappa shape index (κ1) is 23.1. The van der Waals surface area contributed by atoms with Crippen LogP contribution in [0.15, 0.2) is 42.5 Å². The molecule has 0 fully saturated rings. The number of benzene rings is 2. The van der Waals surface area contributed by atoms with Crippen LogP contribution in [-0.2, 0) is 13.0 Å². The van der Waals surface area contributed by atoms with Crippen LogP contribution >= 0.6 is 0 Å². The summed E-state index contributed by atoms with van der Waals surface area (Å²) in [5.41, 5.74) is 6.12. The van der Waals surface area contributed by atoms with E-state index < -0.39 is 5.97 Å². The second-order valence-corrected chi connectivity index (χ2v) is 7.99. The van der Waals surface area contributed by atoms with Crippen molar-refractivity contribution >= 4 is 23.3 Å². The molecule has 0 spiro atoms. The van der Waals surface area contributed by atoms with Crippen molar-refractivity contribution in [2.75, 3.05) is 23.8 Å². The zero-order chi connectivity index (χ0) is 23.4. The summed E-state index contributed by atoms with van der Waals surface area (Å²) in [5.74, 6) is -1.31. The number of aromatic carboxylic acids is 1. The van der Waals surface area contributed by atoms with Gasteiger partial charge in [-0.2, -0.15) is 5.10 Å². The fourth-order valence-corrected chi connectivity index (χ4v) is 3.83. The number of rotatable bonds is 8. The van der Waals surface area contributed by atoms with E-state index in [9.17, 15) is 14.7 Å². The highest BCUT2D eigenvalue weighted by molar-refractivity contribution is 6.05. The maximum atomic E-state index is 12.5. The Balaban J connectivity index is 1.76. The molecule has 3 aromatic rings. The lowest BCUT2D eigenvalue weighted by molar-refractivity contribution is 0.0697. The predicted octanol–water partition coefficient (Wildman–Crippen LogP) is 4.46. The summed E-state index contributed by atoms with van der Waals surface area (Å²) in [6.07, 6.45) is 0.763. The van der Waals surface area contributed by atoms with E-state index in [4.69, 9.17) is 0 Å². The number of carboxylic acids is 1. The number of carbonyl (C=O) groups excluding carboxylic acids is 1. The van der Waals surface area contributed by atoms with E-state index in [2.05, 4.69) is 24.3 Å². The Hall–Kier alpha value is -3.61. The van der Waals surface area contributed by atoms with Crippen LogP contribution < -0.4 is 10.2 Å². The van der Waals surface area contributed by atoms with E-state index in [0.29, 0.717) is 23.5 Å².